The first-order chi connectivity index (χ1) is 10.1. The summed E-state index contributed by atoms with van der Waals surface area (Å²) in [5.41, 5.74) is 1.07. The summed E-state index contributed by atoms with van der Waals surface area (Å²) < 4.78 is 13.7. The van der Waals surface area contributed by atoms with E-state index in [-0.39, 0.29) is 18.1 Å². The average Bonchev–Trinajstić information content (AvgIpc) is 2.94. The topological polar surface area (TPSA) is 32.3 Å². The summed E-state index contributed by atoms with van der Waals surface area (Å²) in [5, 5.41) is 4.65. The van der Waals surface area contributed by atoms with Crippen molar-refractivity contribution in [3.05, 3.63) is 52.0 Å². The number of amides is 1. The van der Waals surface area contributed by atoms with Gasteiger partial charge in [-0.1, -0.05) is 19.1 Å². The van der Waals surface area contributed by atoms with E-state index in [1.807, 2.05) is 36.3 Å². The van der Waals surface area contributed by atoms with Crippen molar-refractivity contribution in [2.45, 2.75) is 20.4 Å². The highest BCUT2D eigenvalue weighted by molar-refractivity contribution is 7.09. The maximum Gasteiger partial charge on any atom is 0.238 e. The Labute approximate surface area is 128 Å². The summed E-state index contributed by atoms with van der Waals surface area (Å²) in [6.45, 7) is 5.57. The Balaban J connectivity index is 1.93. The van der Waals surface area contributed by atoms with Crippen molar-refractivity contribution in [1.82, 2.24) is 4.90 Å². The van der Waals surface area contributed by atoms with E-state index in [4.69, 9.17) is 0 Å². The molecule has 21 heavy (non-hydrogen) atoms. The Kier molecular flexibility index (Phi) is 5.47. The van der Waals surface area contributed by atoms with Crippen LogP contribution in [0.25, 0.3) is 0 Å². The Bertz CT molecular complexity index is 598. The number of anilines is 1. The molecule has 1 aromatic heterocycles. The van der Waals surface area contributed by atoms with Crippen molar-refractivity contribution in [2.75, 3.05) is 18.4 Å². The monoisotopic (exact) mass is 306 g/mol. The van der Waals surface area contributed by atoms with E-state index in [0.29, 0.717) is 0 Å². The molecular weight excluding hydrogens is 287 g/mol. The lowest BCUT2D eigenvalue weighted by atomic mass is 10.2. The summed E-state index contributed by atoms with van der Waals surface area (Å²) in [6, 6.07) is 8.83. The van der Waals surface area contributed by atoms with Crippen molar-refractivity contribution >= 4 is 22.9 Å². The molecule has 5 heteroatoms. The van der Waals surface area contributed by atoms with Gasteiger partial charge in [0.15, 0.2) is 0 Å². The van der Waals surface area contributed by atoms with E-state index >= 15 is 0 Å². The Morgan fingerprint density at radius 2 is 2.19 bits per heavy atom. The fourth-order valence-electron chi connectivity index (χ4n) is 2.02. The summed E-state index contributed by atoms with van der Waals surface area (Å²) in [6.07, 6.45) is 0. The Morgan fingerprint density at radius 1 is 1.38 bits per heavy atom. The lowest BCUT2D eigenvalue weighted by Gasteiger charge is -2.19. The number of benzene rings is 1. The van der Waals surface area contributed by atoms with Crippen molar-refractivity contribution in [3.8, 4) is 0 Å². The van der Waals surface area contributed by atoms with Crippen LogP contribution in [0.3, 0.4) is 0 Å². The molecule has 1 heterocycles. The fraction of sp³-hybridized carbons (Fsp3) is 0.312. The van der Waals surface area contributed by atoms with Crippen LogP contribution in [0.1, 0.15) is 17.4 Å². The lowest BCUT2D eigenvalue weighted by molar-refractivity contribution is -0.117. The first kappa shape index (κ1) is 15.7. The van der Waals surface area contributed by atoms with Crippen LogP contribution in [0, 0.1) is 12.7 Å². The number of hydrogen-bond acceptors (Lipinski definition) is 3. The van der Waals surface area contributed by atoms with Gasteiger partial charge in [0.1, 0.15) is 5.82 Å². The van der Waals surface area contributed by atoms with Crippen molar-refractivity contribution < 1.29 is 9.18 Å². The maximum atomic E-state index is 13.7. The van der Waals surface area contributed by atoms with E-state index in [2.05, 4.69) is 5.32 Å². The zero-order valence-electron chi connectivity index (χ0n) is 12.2. The number of halogens is 1. The molecule has 0 aliphatic carbocycles. The Morgan fingerprint density at radius 3 is 2.81 bits per heavy atom. The molecule has 1 amide bonds. The van der Waals surface area contributed by atoms with Gasteiger partial charge in [-0.15, -0.1) is 11.3 Å². The molecule has 2 rings (SSSR count). The van der Waals surface area contributed by atoms with Crippen molar-refractivity contribution in [3.63, 3.8) is 0 Å². The zero-order chi connectivity index (χ0) is 15.2. The lowest BCUT2D eigenvalue weighted by Crippen LogP contribution is -2.32. The van der Waals surface area contributed by atoms with Gasteiger partial charge < -0.3 is 5.32 Å². The number of nitrogens with one attached hydrogen (secondary N) is 1. The van der Waals surface area contributed by atoms with Crippen LogP contribution in [0.15, 0.2) is 35.7 Å². The van der Waals surface area contributed by atoms with Gasteiger partial charge in [0, 0.05) is 11.4 Å². The standard InChI is InChI=1S/C16H19FN2OS/c1-3-19(10-13-5-4-8-21-13)11-16(20)18-15-7-6-12(2)9-14(15)17/h4-9H,3,10-11H2,1-2H3,(H,18,20). The first-order valence-electron chi connectivity index (χ1n) is 6.89. The minimum atomic E-state index is -0.398. The molecule has 0 saturated carbocycles. The molecule has 3 nitrogen and oxygen atoms in total. The molecule has 0 spiro atoms. The third-order valence-electron chi connectivity index (χ3n) is 3.17. The molecule has 0 saturated heterocycles. The summed E-state index contributed by atoms with van der Waals surface area (Å²) in [4.78, 5) is 15.3. The third-order valence-corrected chi connectivity index (χ3v) is 4.03. The predicted octanol–water partition coefficient (Wildman–Crippen LogP) is 3.66. The van der Waals surface area contributed by atoms with Gasteiger partial charge in [-0.2, -0.15) is 0 Å². The van der Waals surface area contributed by atoms with Crippen LogP contribution >= 0.6 is 11.3 Å². The maximum absolute atomic E-state index is 13.7. The SMILES string of the molecule is CCN(CC(=O)Nc1ccc(C)cc1F)Cc1cccs1. The number of carbonyl (C=O) groups excluding carboxylic acids is 1. The second-order valence-corrected chi connectivity index (χ2v) is 5.95. The van der Waals surface area contributed by atoms with Crippen LogP contribution in [0.5, 0.6) is 0 Å². The molecule has 1 aromatic carbocycles. The number of hydrogen-bond donors (Lipinski definition) is 1. The highest BCUT2D eigenvalue weighted by Crippen LogP contribution is 2.16. The molecule has 2 aromatic rings. The van der Waals surface area contributed by atoms with Crippen LogP contribution in [-0.4, -0.2) is 23.9 Å². The molecule has 0 bridgehead atoms. The van der Waals surface area contributed by atoms with Gasteiger partial charge in [0.2, 0.25) is 5.91 Å². The van der Waals surface area contributed by atoms with Crippen LogP contribution in [-0.2, 0) is 11.3 Å². The second-order valence-electron chi connectivity index (χ2n) is 4.91. The van der Waals surface area contributed by atoms with Crippen LogP contribution < -0.4 is 5.32 Å². The summed E-state index contributed by atoms with van der Waals surface area (Å²) >= 11 is 1.67. The van der Waals surface area contributed by atoms with Gasteiger partial charge in [-0.05, 0) is 42.6 Å². The molecule has 0 aliphatic heterocycles. The van der Waals surface area contributed by atoms with E-state index < -0.39 is 5.82 Å². The largest absolute Gasteiger partial charge is 0.322 e. The number of nitrogens with zero attached hydrogens (tertiary/aromatic N) is 1. The molecule has 0 radical (unpaired) electrons. The highest BCUT2D eigenvalue weighted by Gasteiger charge is 2.12. The molecule has 1 N–H and O–H groups in total. The van der Waals surface area contributed by atoms with Crippen LogP contribution in [0.2, 0.25) is 0 Å². The minimum absolute atomic E-state index is 0.198. The highest BCUT2D eigenvalue weighted by atomic mass is 32.1. The third kappa shape index (κ3) is 4.65. The number of likely N-dealkylation sites (N-methyl/N-ethyl adjacent to an activating group) is 1. The van der Waals surface area contributed by atoms with Gasteiger partial charge >= 0.3 is 0 Å². The molecule has 112 valence electrons. The Hall–Kier alpha value is -1.72. The zero-order valence-corrected chi connectivity index (χ0v) is 13.0. The minimum Gasteiger partial charge on any atom is -0.322 e. The number of aryl methyl sites for hydroxylation is 1. The van der Waals surface area contributed by atoms with Crippen LogP contribution in [0.4, 0.5) is 10.1 Å². The second kappa shape index (κ2) is 7.33. The molecule has 0 atom stereocenters. The van der Waals surface area contributed by atoms with E-state index in [1.54, 1.807) is 23.5 Å². The van der Waals surface area contributed by atoms with Gasteiger partial charge in [-0.3, -0.25) is 9.69 Å². The number of rotatable bonds is 6. The molecular formula is C16H19FN2OS. The number of thiophene rings is 1. The van der Waals surface area contributed by atoms with E-state index in [0.717, 1.165) is 18.7 Å². The smallest absolute Gasteiger partial charge is 0.238 e. The van der Waals surface area contributed by atoms with Crippen molar-refractivity contribution in [2.24, 2.45) is 0 Å². The van der Waals surface area contributed by atoms with Gasteiger partial charge in [0.05, 0.1) is 12.2 Å². The number of carbonyl (C=O) groups is 1. The summed E-state index contributed by atoms with van der Waals surface area (Å²) in [5.74, 6) is -0.596. The fourth-order valence-corrected chi connectivity index (χ4v) is 2.76. The van der Waals surface area contributed by atoms with Gasteiger partial charge in [-0.25, -0.2) is 4.39 Å². The predicted molar refractivity (Wildman–Crippen MR) is 85.0 cm³/mol. The first-order valence-corrected chi connectivity index (χ1v) is 7.77. The molecule has 0 fully saturated rings. The van der Waals surface area contributed by atoms with Gasteiger partial charge in [0.25, 0.3) is 0 Å². The quantitative estimate of drug-likeness (QED) is 0.883. The summed E-state index contributed by atoms with van der Waals surface area (Å²) in [7, 11) is 0. The van der Waals surface area contributed by atoms with E-state index in [1.165, 1.54) is 10.9 Å². The van der Waals surface area contributed by atoms with Crippen molar-refractivity contribution in [1.29, 1.82) is 0 Å². The average molecular weight is 306 g/mol. The molecule has 0 unspecified atom stereocenters. The van der Waals surface area contributed by atoms with E-state index in [9.17, 15) is 9.18 Å². The normalized spacial score (nSPS) is 10.9. The molecule has 0 aliphatic rings.